The number of pyridine rings is 1. The van der Waals surface area contributed by atoms with Crippen molar-refractivity contribution in [2.75, 3.05) is 20.2 Å². The minimum Gasteiger partial charge on any atom is -0.481 e. The van der Waals surface area contributed by atoms with Gasteiger partial charge in [0.1, 0.15) is 0 Å². The molecule has 9 heteroatoms. The Morgan fingerprint density at radius 1 is 1.37 bits per heavy atom. The minimum absolute atomic E-state index is 0.0155. The molecule has 1 aromatic carbocycles. The van der Waals surface area contributed by atoms with Crippen LogP contribution in [-0.2, 0) is 26.0 Å². The molecule has 1 unspecified atom stereocenters. The number of aromatic nitrogens is 1. The van der Waals surface area contributed by atoms with E-state index in [4.69, 9.17) is 21.4 Å². The first-order valence-electron chi connectivity index (χ1n) is 8.33. The molecule has 0 saturated carbocycles. The van der Waals surface area contributed by atoms with Gasteiger partial charge < -0.3 is 9.84 Å². The number of hydrogen-bond donors (Lipinski definition) is 1. The lowest BCUT2D eigenvalue weighted by Crippen LogP contribution is -2.30. The summed E-state index contributed by atoms with van der Waals surface area (Å²) >= 11 is 6.33. The van der Waals surface area contributed by atoms with Crippen LogP contribution in [0.4, 0.5) is 0 Å². The van der Waals surface area contributed by atoms with Gasteiger partial charge in [0.15, 0.2) is 0 Å². The SMILES string of the molecule is CN(CC1CO1)S(=O)(=O)c1ccc(-c2cccc(CCC(=O)O)n2)c(Cl)c1. The third kappa shape index (κ3) is 4.84. The maximum atomic E-state index is 12.6. The van der Waals surface area contributed by atoms with E-state index in [1.807, 2.05) is 0 Å². The van der Waals surface area contributed by atoms with Crippen molar-refractivity contribution in [2.24, 2.45) is 0 Å². The van der Waals surface area contributed by atoms with Crippen molar-refractivity contribution < 1.29 is 23.1 Å². The van der Waals surface area contributed by atoms with Crippen LogP contribution in [-0.4, -0.2) is 55.1 Å². The van der Waals surface area contributed by atoms with Gasteiger partial charge in [0, 0.05) is 31.3 Å². The quantitative estimate of drug-likeness (QED) is 0.671. The number of nitrogens with zero attached hydrogens (tertiary/aromatic N) is 2. The maximum absolute atomic E-state index is 12.6. The number of likely N-dealkylation sites (N-methyl/N-ethyl adjacent to an activating group) is 1. The maximum Gasteiger partial charge on any atom is 0.303 e. The van der Waals surface area contributed by atoms with E-state index in [1.54, 1.807) is 24.3 Å². The second kappa shape index (κ2) is 7.93. The average Bonchev–Trinajstić information content (AvgIpc) is 3.44. The van der Waals surface area contributed by atoms with Crippen LogP contribution in [0.2, 0.25) is 5.02 Å². The zero-order chi connectivity index (χ0) is 19.6. The summed E-state index contributed by atoms with van der Waals surface area (Å²) in [6, 6.07) is 9.77. The Kier molecular flexibility index (Phi) is 5.81. The number of epoxide rings is 1. The normalized spacial score (nSPS) is 16.5. The van der Waals surface area contributed by atoms with E-state index in [1.165, 1.54) is 23.5 Å². The molecule has 1 fully saturated rings. The molecule has 7 nitrogen and oxygen atoms in total. The Balaban J connectivity index is 1.84. The van der Waals surface area contributed by atoms with E-state index in [0.717, 1.165) is 0 Å². The Morgan fingerprint density at radius 2 is 2.11 bits per heavy atom. The van der Waals surface area contributed by atoms with Gasteiger partial charge in [-0.05, 0) is 30.3 Å². The first kappa shape index (κ1) is 19.8. The molecule has 0 bridgehead atoms. The van der Waals surface area contributed by atoms with Crippen molar-refractivity contribution >= 4 is 27.6 Å². The van der Waals surface area contributed by atoms with Gasteiger partial charge in [0.25, 0.3) is 0 Å². The molecule has 0 amide bonds. The Labute approximate surface area is 162 Å². The molecule has 0 aliphatic carbocycles. The Morgan fingerprint density at radius 3 is 2.74 bits per heavy atom. The molecule has 2 heterocycles. The van der Waals surface area contributed by atoms with E-state index in [2.05, 4.69) is 4.98 Å². The standard InChI is InChI=1S/C18H19ClN2O5S/c1-21(10-13-11-26-13)27(24,25)14-6-7-15(16(19)9-14)17-4-2-3-12(20-17)5-8-18(22)23/h2-4,6-7,9,13H,5,8,10-11H2,1H3,(H,22,23). The highest BCUT2D eigenvalue weighted by Gasteiger charge is 2.30. The van der Waals surface area contributed by atoms with Crippen LogP contribution in [0.3, 0.4) is 0 Å². The van der Waals surface area contributed by atoms with E-state index in [-0.39, 0.29) is 22.4 Å². The molecular weight excluding hydrogens is 392 g/mol. The van der Waals surface area contributed by atoms with E-state index >= 15 is 0 Å². The molecule has 0 radical (unpaired) electrons. The fraction of sp³-hybridized carbons (Fsp3) is 0.333. The third-order valence-corrected chi connectivity index (χ3v) is 6.32. The van der Waals surface area contributed by atoms with E-state index in [0.29, 0.717) is 36.5 Å². The summed E-state index contributed by atoms with van der Waals surface area (Å²) in [5.41, 5.74) is 1.78. The van der Waals surface area contributed by atoms with Crippen molar-refractivity contribution in [3.8, 4) is 11.3 Å². The molecule has 3 rings (SSSR count). The number of carbonyl (C=O) groups is 1. The average molecular weight is 411 g/mol. The summed E-state index contributed by atoms with van der Waals surface area (Å²) in [6.45, 7) is 0.873. The molecule has 1 atom stereocenters. The van der Waals surface area contributed by atoms with Crippen LogP contribution in [0.5, 0.6) is 0 Å². The largest absolute Gasteiger partial charge is 0.481 e. The highest BCUT2D eigenvalue weighted by atomic mass is 35.5. The number of rotatable bonds is 8. The van der Waals surface area contributed by atoms with Gasteiger partial charge in [-0.1, -0.05) is 17.7 Å². The number of halogens is 1. The van der Waals surface area contributed by atoms with Crippen molar-refractivity contribution in [1.82, 2.24) is 9.29 Å². The predicted molar refractivity (Wildman–Crippen MR) is 100 cm³/mol. The number of hydrogen-bond acceptors (Lipinski definition) is 5. The molecule has 1 N–H and O–H groups in total. The van der Waals surface area contributed by atoms with Crippen molar-refractivity contribution in [2.45, 2.75) is 23.8 Å². The lowest BCUT2D eigenvalue weighted by molar-refractivity contribution is -0.136. The van der Waals surface area contributed by atoms with Crippen LogP contribution in [0.1, 0.15) is 12.1 Å². The number of carboxylic acids is 1. The summed E-state index contributed by atoms with van der Waals surface area (Å²) in [7, 11) is -2.15. The lowest BCUT2D eigenvalue weighted by Gasteiger charge is -2.17. The molecule has 1 saturated heterocycles. The van der Waals surface area contributed by atoms with Crippen molar-refractivity contribution in [3.05, 3.63) is 47.1 Å². The third-order valence-electron chi connectivity index (χ3n) is 4.19. The van der Waals surface area contributed by atoms with Crippen LogP contribution in [0.25, 0.3) is 11.3 Å². The lowest BCUT2D eigenvalue weighted by atomic mass is 10.1. The van der Waals surface area contributed by atoms with Gasteiger partial charge in [-0.25, -0.2) is 8.42 Å². The first-order valence-corrected chi connectivity index (χ1v) is 10.1. The molecule has 27 heavy (non-hydrogen) atoms. The molecule has 2 aromatic rings. The van der Waals surface area contributed by atoms with Crippen LogP contribution >= 0.6 is 11.6 Å². The Bertz CT molecular complexity index is 960. The highest BCUT2D eigenvalue weighted by molar-refractivity contribution is 7.89. The number of sulfonamides is 1. The van der Waals surface area contributed by atoms with Gasteiger partial charge in [0.2, 0.25) is 10.0 Å². The molecular formula is C18H19ClN2O5S. The molecule has 144 valence electrons. The number of carboxylic acid groups (broad SMARTS) is 1. The number of aliphatic carboxylic acids is 1. The number of aryl methyl sites for hydroxylation is 1. The van der Waals surface area contributed by atoms with Gasteiger partial charge in [-0.2, -0.15) is 4.31 Å². The van der Waals surface area contributed by atoms with Gasteiger partial charge in [-0.3, -0.25) is 9.78 Å². The zero-order valence-electron chi connectivity index (χ0n) is 14.6. The van der Waals surface area contributed by atoms with Gasteiger partial charge in [0.05, 0.1) is 34.7 Å². The van der Waals surface area contributed by atoms with E-state index in [9.17, 15) is 13.2 Å². The summed E-state index contributed by atoms with van der Waals surface area (Å²) in [6.07, 6.45) is 0.247. The van der Waals surface area contributed by atoms with Crippen LogP contribution in [0, 0.1) is 0 Å². The fourth-order valence-electron chi connectivity index (χ4n) is 2.61. The van der Waals surface area contributed by atoms with Crippen molar-refractivity contribution in [3.63, 3.8) is 0 Å². The second-order valence-corrected chi connectivity index (χ2v) is 8.74. The predicted octanol–water partition coefficient (Wildman–Crippen LogP) is 2.44. The van der Waals surface area contributed by atoms with Crippen LogP contribution < -0.4 is 0 Å². The summed E-state index contributed by atoms with van der Waals surface area (Å²) < 4.78 is 31.6. The highest BCUT2D eigenvalue weighted by Crippen LogP contribution is 2.30. The minimum atomic E-state index is -3.66. The zero-order valence-corrected chi connectivity index (χ0v) is 16.2. The number of benzene rings is 1. The molecule has 0 spiro atoms. The summed E-state index contributed by atoms with van der Waals surface area (Å²) in [4.78, 5) is 15.2. The van der Waals surface area contributed by atoms with Crippen LogP contribution in [0.15, 0.2) is 41.3 Å². The second-order valence-electron chi connectivity index (χ2n) is 6.29. The number of ether oxygens (including phenoxy) is 1. The monoisotopic (exact) mass is 410 g/mol. The van der Waals surface area contributed by atoms with Gasteiger partial charge >= 0.3 is 5.97 Å². The van der Waals surface area contributed by atoms with E-state index < -0.39 is 16.0 Å². The first-order chi connectivity index (χ1) is 12.8. The fourth-order valence-corrected chi connectivity index (χ4v) is 4.18. The van der Waals surface area contributed by atoms with Crippen molar-refractivity contribution in [1.29, 1.82) is 0 Å². The summed E-state index contributed by atoms with van der Waals surface area (Å²) in [5.74, 6) is -0.893. The topological polar surface area (TPSA) is 100 Å². The smallest absolute Gasteiger partial charge is 0.303 e. The molecule has 1 aromatic heterocycles. The molecule has 1 aliphatic heterocycles. The van der Waals surface area contributed by atoms with Gasteiger partial charge in [-0.15, -0.1) is 0 Å². The summed E-state index contributed by atoms with van der Waals surface area (Å²) in [5, 5.41) is 9.06. The molecule has 1 aliphatic rings. The Hall–Kier alpha value is -2.00.